The van der Waals surface area contributed by atoms with E-state index in [0.29, 0.717) is 20.6 Å². The van der Waals surface area contributed by atoms with Crippen molar-refractivity contribution in [2.75, 3.05) is 0 Å². The van der Waals surface area contributed by atoms with Crippen molar-refractivity contribution in [1.29, 1.82) is 5.26 Å². The molecule has 2 heterocycles. The highest BCUT2D eigenvalue weighted by molar-refractivity contribution is 7.19. The standard InChI is InChI=1S/C21H13Cl2N3S/c1-26-17(6-7-19(26)13-8-15(22)11-16(23)9-13)10-14(12-24)21-25-18-4-2-3-5-20(18)27-21/h2-11H,1H3/b14-10+. The van der Waals surface area contributed by atoms with Crippen LogP contribution in [0.1, 0.15) is 10.7 Å². The molecule has 27 heavy (non-hydrogen) atoms. The van der Waals surface area contributed by atoms with Gasteiger partial charge >= 0.3 is 0 Å². The van der Waals surface area contributed by atoms with Gasteiger partial charge in [0.2, 0.25) is 0 Å². The van der Waals surface area contributed by atoms with Gasteiger partial charge in [0.1, 0.15) is 11.1 Å². The molecule has 0 unspecified atom stereocenters. The third-order valence-electron chi connectivity index (χ3n) is 4.26. The van der Waals surface area contributed by atoms with Crippen molar-refractivity contribution in [2.45, 2.75) is 0 Å². The molecule has 132 valence electrons. The number of aromatic nitrogens is 2. The zero-order chi connectivity index (χ0) is 19.0. The smallest absolute Gasteiger partial charge is 0.135 e. The quantitative estimate of drug-likeness (QED) is 0.354. The van der Waals surface area contributed by atoms with E-state index in [2.05, 4.69) is 11.1 Å². The molecule has 6 heteroatoms. The highest BCUT2D eigenvalue weighted by Crippen LogP contribution is 2.31. The summed E-state index contributed by atoms with van der Waals surface area (Å²) in [5.41, 5.74) is 4.23. The SMILES string of the molecule is Cn1c(/C=C(\C#N)c2nc3ccccc3s2)ccc1-c1cc(Cl)cc(Cl)c1. The molecule has 0 aliphatic heterocycles. The molecule has 0 atom stereocenters. The van der Waals surface area contributed by atoms with E-state index in [1.54, 1.807) is 6.07 Å². The molecule has 0 radical (unpaired) electrons. The second-order valence-corrected chi connectivity index (χ2v) is 7.92. The van der Waals surface area contributed by atoms with Crippen LogP contribution < -0.4 is 0 Å². The number of nitrogens with zero attached hydrogens (tertiary/aromatic N) is 3. The lowest BCUT2D eigenvalue weighted by molar-refractivity contribution is 0.924. The number of fused-ring (bicyclic) bond motifs is 1. The van der Waals surface area contributed by atoms with E-state index in [1.807, 2.05) is 66.2 Å². The molecule has 4 aromatic rings. The van der Waals surface area contributed by atoms with Gasteiger partial charge in [0.15, 0.2) is 0 Å². The van der Waals surface area contributed by atoms with E-state index in [9.17, 15) is 5.26 Å². The van der Waals surface area contributed by atoms with E-state index in [0.717, 1.165) is 27.2 Å². The van der Waals surface area contributed by atoms with Crippen LogP contribution in [-0.4, -0.2) is 9.55 Å². The van der Waals surface area contributed by atoms with Crippen molar-refractivity contribution in [3.8, 4) is 17.3 Å². The second-order valence-electron chi connectivity index (χ2n) is 6.02. The number of rotatable bonds is 3. The summed E-state index contributed by atoms with van der Waals surface area (Å²) in [6.45, 7) is 0. The summed E-state index contributed by atoms with van der Waals surface area (Å²) in [5, 5.41) is 11.5. The number of allylic oxidation sites excluding steroid dienone is 1. The zero-order valence-corrected chi connectivity index (χ0v) is 16.6. The van der Waals surface area contributed by atoms with Gasteiger partial charge in [-0.25, -0.2) is 4.98 Å². The summed E-state index contributed by atoms with van der Waals surface area (Å²) < 4.78 is 3.07. The molecule has 0 saturated heterocycles. The normalized spacial score (nSPS) is 11.7. The largest absolute Gasteiger partial charge is 0.344 e. The van der Waals surface area contributed by atoms with Crippen molar-refractivity contribution in [1.82, 2.24) is 9.55 Å². The van der Waals surface area contributed by atoms with Gasteiger partial charge in [-0.2, -0.15) is 5.26 Å². The first-order chi connectivity index (χ1) is 13.0. The zero-order valence-electron chi connectivity index (χ0n) is 14.3. The monoisotopic (exact) mass is 409 g/mol. The van der Waals surface area contributed by atoms with Crippen LogP contribution in [-0.2, 0) is 7.05 Å². The molecule has 0 saturated carbocycles. The number of benzene rings is 2. The maximum Gasteiger partial charge on any atom is 0.135 e. The van der Waals surface area contributed by atoms with Gasteiger partial charge < -0.3 is 4.57 Å². The maximum atomic E-state index is 9.66. The summed E-state index contributed by atoms with van der Waals surface area (Å²) in [6.07, 6.45) is 1.85. The highest BCUT2D eigenvalue weighted by Gasteiger charge is 2.12. The highest BCUT2D eigenvalue weighted by atomic mass is 35.5. The molecule has 3 nitrogen and oxygen atoms in total. The van der Waals surface area contributed by atoms with Gasteiger partial charge in [0.25, 0.3) is 0 Å². The molecular formula is C21H13Cl2N3S. The third kappa shape index (κ3) is 3.50. The number of nitriles is 1. The predicted octanol–water partition coefficient (Wildman–Crippen LogP) is 6.67. The van der Waals surface area contributed by atoms with Crippen LogP contribution in [0, 0.1) is 11.3 Å². The summed E-state index contributed by atoms with van der Waals surface area (Å²) in [6, 6.07) is 19.6. The minimum absolute atomic E-state index is 0.535. The van der Waals surface area contributed by atoms with Crippen LogP contribution in [0.25, 0.3) is 33.1 Å². The minimum Gasteiger partial charge on any atom is -0.344 e. The van der Waals surface area contributed by atoms with Crippen molar-refractivity contribution < 1.29 is 0 Å². The van der Waals surface area contributed by atoms with E-state index in [1.165, 1.54) is 11.3 Å². The summed E-state index contributed by atoms with van der Waals surface area (Å²) in [5.74, 6) is 0. The summed E-state index contributed by atoms with van der Waals surface area (Å²) in [4.78, 5) is 4.58. The van der Waals surface area contributed by atoms with Crippen molar-refractivity contribution in [3.63, 3.8) is 0 Å². The molecule has 0 spiro atoms. The van der Waals surface area contributed by atoms with Gasteiger partial charge in [-0.1, -0.05) is 35.3 Å². The summed E-state index contributed by atoms with van der Waals surface area (Å²) >= 11 is 13.8. The lowest BCUT2D eigenvalue weighted by Gasteiger charge is -2.07. The fraction of sp³-hybridized carbons (Fsp3) is 0.0476. The van der Waals surface area contributed by atoms with Gasteiger partial charge in [-0.05, 0) is 48.5 Å². The van der Waals surface area contributed by atoms with Crippen LogP contribution in [0.2, 0.25) is 10.0 Å². The lowest BCUT2D eigenvalue weighted by atomic mass is 10.1. The van der Waals surface area contributed by atoms with Crippen LogP contribution >= 0.6 is 34.5 Å². The number of hydrogen-bond donors (Lipinski definition) is 0. The fourth-order valence-corrected chi connectivity index (χ4v) is 4.40. The van der Waals surface area contributed by atoms with Crippen molar-refractivity contribution >= 4 is 56.4 Å². The van der Waals surface area contributed by atoms with Crippen LogP contribution in [0.3, 0.4) is 0 Å². The molecule has 2 aromatic carbocycles. The topological polar surface area (TPSA) is 41.6 Å². The van der Waals surface area contributed by atoms with E-state index in [-0.39, 0.29) is 0 Å². The molecule has 0 N–H and O–H groups in total. The van der Waals surface area contributed by atoms with Gasteiger partial charge in [0, 0.05) is 34.0 Å². The molecule has 4 rings (SSSR count). The van der Waals surface area contributed by atoms with E-state index >= 15 is 0 Å². The maximum absolute atomic E-state index is 9.66. The Morgan fingerprint density at radius 2 is 1.85 bits per heavy atom. The van der Waals surface area contributed by atoms with Crippen LogP contribution in [0.15, 0.2) is 54.6 Å². The average Bonchev–Trinajstić information content (AvgIpc) is 3.22. The number of halogens is 2. The number of para-hydroxylation sites is 1. The summed E-state index contributed by atoms with van der Waals surface area (Å²) in [7, 11) is 1.95. The molecule has 0 aliphatic rings. The molecule has 0 amide bonds. The Labute approximate surface area is 170 Å². The molecule has 0 fully saturated rings. The van der Waals surface area contributed by atoms with Gasteiger partial charge in [-0.3, -0.25) is 0 Å². The molecular weight excluding hydrogens is 397 g/mol. The predicted molar refractivity (Wildman–Crippen MR) is 114 cm³/mol. The minimum atomic E-state index is 0.535. The molecule has 2 aromatic heterocycles. The van der Waals surface area contributed by atoms with E-state index < -0.39 is 0 Å². The Morgan fingerprint density at radius 3 is 2.56 bits per heavy atom. The molecule has 0 aliphatic carbocycles. The first kappa shape index (κ1) is 17.8. The first-order valence-electron chi connectivity index (χ1n) is 8.15. The number of hydrogen-bond acceptors (Lipinski definition) is 3. The van der Waals surface area contributed by atoms with Crippen molar-refractivity contribution in [2.24, 2.45) is 7.05 Å². The van der Waals surface area contributed by atoms with Crippen LogP contribution in [0.4, 0.5) is 0 Å². The first-order valence-corrected chi connectivity index (χ1v) is 9.72. The molecule has 0 bridgehead atoms. The van der Waals surface area contributed by atoms with Crippen molar-refractivity contribution in [3.05, 3.63) is 75.3 Å². The third-order valence-corrected chi connectivity index (χ3v) is 5.76. The van der Waals surface area contributed by atoms with Crippen LogP contribution in [0.5, 0.6) is 0 Å². The van der Waals surface area contributed by atoms with Gasteiger partial charge in [-0.15, -0.1) is 11.3 Å². The Bertz CT molecular complexity index is 1170. The Kier molecular flexibility index (Phi) is 4.75. The average molecular weight is 410 g/mol. The lowest BCUT2D eigenvalue weighted by Crippen LogP contribution is -1.95. The Morgan fingerprint density at radius 1 is 1.11 bits per heavy atom. The Balaban J connectivity index is 1.77. The Hall–Kier alpha value is -2.58. The fourth-order valence-electron chi connectivity index (χ4n) is 2.94. The second kappa shape index (κ2) is 7.21. The van der Waals surface area contributed by atoms with E-state index in [4.69, 9.17) is 23.2 Å². The van der Waals surface area contributed by atoms with Gasteiger partial charge in [0.05, 0.1) is 15.8 Å². The number of thiazole rings is 1.